The van der Waals surface area contributed by atoms with Gasteiger partial charge >= 0.3 is 0 Å². The monoisotopic (exact) mass is 324 g/mol. The molecule has 6 heteroatoms. The minimum Gasteiger partial charge on any atom is -0.366 e. The number of primary amides is 1. The van der Waals surface area contributed by atoms with Gasteiger partial charge in [-0.15, -0.1) is 11.3 Å². The highest BCUT2D eigenvalue weighted by Gasteiger charge is 2.13. The lowest BCUT2D eigenvalue weighted by molar-refractivity contribution is 0.100. The van der Waals surface area contributed by atoms with Gasteiger partial charge in [0.25, 0.3) is 11.8 Å². The van der Waals surface area contributed by atoms with Gasteiger partial charge in [0.05, 0.1) is 16.1 Å². The molecule has 0 unspecified atom stereocenters. The molecule has 0 radical (unpaired) electrons. The molecule has 0 saturated carbocycles. The van der Waals surface area contributed by atoms with Gasteiger partial charge in [-0.1, -0.05) is 22.0 Å². The third-order valence-corrected chi connectivity index (χ3v) is 3.60. The lowest BCUT2D eigenvalue weighted by atomic mass is 10.1. The molecule has 18 heavy (non-hydrogen) atoms. The zero-order chi connectivity index (χ0) is 13.1. The number of anilines is 1. The first-order valence-electron chi connectivity index (χ1n) is 5.02. The molecule has 2 rings (SSSR count). The Morgan fingerprint density at radius 1 is 1.28 bits per heavy atom. The van der Waals surface area contributed by atoms with Gasteiger partial charge in [-0.05, 0) is 29.6 Å². The van der Waals surface area contributed by atoms with Crippen LogP contribution in [0.15, 0.2) is 40.2 Å². The molecule has 0 spiro atoms. The van der Waals surface area contributed by atoms with Crippen LogP contribution in [0.25, 0.3) is 0 Å². The summed E-state index contributed by atoms with van der Waals surface area (Å²) in [5.74, 6) is -0.840. The van der Waals surface area contributed by atoms with Crippen molar-refractivity contribution in [1.29, 1.82) is 0 Å². The topological polar surface area (TPSA) is 72.2 Å². The molecule has 1 aromatic carbocycles. The van der Waals surface area contributed by atoms with E-state index in [-0.39, 0.29) is 11.5 Å². The molecule has 92 valence electrons. The van der Waals surface area contributed by atoms with Crippen LogP contribution in [0.4, 0.5) is 5.69 Å². The predicted octanol–water partition coefficient (Wildman–Crippen LogP) is 2.86. The van der Waals surface area contributed by atoms with Crippen LogP contribution in [0.3, 0.4) is 0 Å². The summed E-state index contributed by atoms with van der Waals surface area (Å²) in [7, 11) is 0. The SMILES string of the molecule is NC(=O)c1cc(Br)ccc1NC(=O)c1cccs1. The third-order valence-electron chi connectivity index (χ3n) is 2.24. The predicted molar refractivity (Wildman–Crippen MR) is 74.9 cm³/mol. The van der Waals surface area contributed by atoms with Crippen molar-refractivity contribution in [2.24, 2.45) is 5.73 Å². The maximum atomic E-state index is 11.9. The molecule has 0 saturated heterocycles. The second-order valence-electron chi connectivity index (χ2n) is 3.49. The number of nitrogens with one attached hydrogen (secondary N) is 1. The van der Waals surface area contributed by atoms with Gasteiger partial charge in [0.1, 0.15) is 0 Å². The van der Waals surface area contributed by atoms with E-state index < -0.39 is 5.91 Å². The molecule has 4 nitrogen and oxygen atoms in total. The van der Waals surface area contributed by atoms with Crippen molar-refractivity contribution in [3.8, 4) is 0 Å². The van der Waals surface area contributed by atoms with Gasteiger partial charge in [0, 0.05) is 4.47 Å². The van der Waals surface area contributed by atoms with Crippen LogP contribution in [0.2, 0.25) is 0 Å². The van der Waals surface area contributed by atoms with Gasteiger partial charge < -0.3 is 11.1 Å². The molecular formula is C12H9BrN2O2S. The zero-order valence-electron chi connectivity index (χ0n) is 9.14. The van der Waals surface area contributed by atoms with Crippen molar-refractivity contribution in [3.63, 3.8) is 0 Å². The van der Waals surface area contributed by atoms with Crippen LogP contribution in [-0.4, -0.2) is 11.8 Å². The highest BCUT2D eigenvalue weighted by molar-refractivity contribution is 9.10. The first-order chi connectivity index (χ1) is 8.58. The quantitative estimate of drug-likeness (QED) is 0.911. The molecule has 2 amide bonds. The maximum absolute atomic E-state index is 11.9. The maximum Gasteiger partial charge on any atom is 0.265 e. The molecule has 3 N–H and O–H groups in total. The summed E-state index contributed by atoms with van der Waals surface area (Å²) < 4.78 is 0.727. The van der Waals surface area contributed by atoms with Crippen molar-refractivity contribution >= 4 is 44.8 Å². The van der Waals surface area contributed by atoms with Gasteiger partial charge in [-0.3, -0.25) is 9.59 Å². The number of halogens is 1. The summed E-state index contributed by atoms with van der Waals surface area (Å²) in [5, 5.41) is 4.48. The van der Waals surface area contributed by atoms with Crippen molar-refractivity contribution in [1.82, 2.24) is 0 Å². The molecule has 0 bridgehead atoms. The van der Waals surface area contributed by atoms with E-state index in [1.54, 1.807) is 30.3 Å². The Morgan fingerprint density at radius 3 is 2.67 bits per heavy atom. The second-order valence-corrected chi connectivity index (χ2v) is 5.35. The Morgan fingerprint density at radius 2 is 2.06 bits per heavy atom. The lowest BCUT2D eigenvalue weighted by Gasteiger charge is -2.08. The number of hydrogen-bond donors (Lipinski definition) is 2. The highest BCUT2D eigenvalue weighted by Crippen LogP contribution is 2.22. The highest BCUT2D eigenvalue weighted by atomic mass is 79.9. The molecule has 1 heterocycles. The van der Waals surface area contributed by atoms with E-state index in [0.29, 0.717) is 10.6 Å². The van der Waals surface area contributed by atoms with E-state index in [4.69, 9.17) is 5.73 Å². The largest absolute Gasteiger partial charge is 0.366 e. The number of carbonyl (C=O) groups excluding carboxylic acids is 2. The number of nitrogens with two attached hydrogens (primary N) is 1. The Labute approximate surface area is 116 Å². The Hall–Kier alpha value is -1.66. The third kappa shape index (κ3) is 2.77. The minimum atomic E-state index is -0.585. The average Bonchev–Trinajstić information content (AvgIpc) is 2.84. The number of rotatable bonds is 3. The second kappa shape index (κ2) is 5.32. The Balaban J connectivity index is 2.29. The molecule has 0 atom stereocenters. The fourth-order valence-corrected chi connectivity index (χ4v) is 2.40. The summed E-state index contributed by atoms with van der Waals surface area (Å²) in [6, 6.07) is 8.44. The Bertz CT molecular complexity index is 596. The zero-order valence-corrected chi connectivity index (χ0v) is 11.5. The van der Waals surface area contributed by atoms with E-state index in [9.17, 15) is 9.59 Å². The summed E-state index contributed by atoms with van der Waals surface area (Å²) in [5.41, 5.74) is 5.95. The van der Waals surface area contributed by atoms with Crippen molar-refractivity contribution in [3.05, 3.63) is 50.6 Å². The average molecular weight is 325 g/mol. The van der Waals surface area contributed by atoms with Gasteiger partial charge in [-0.2, -0.15) is 0 Å². The van der Waals surface area contributed by atoms with Crippen LogP contribution >= 0.6 is 27.3 Å². The van der Waals surface area contributed by atoms with E-state index in [1.165, 1.54) is 11.3 Å². The number of amides is 2. The molecule has 2 aromatic rings. The fraction of sp³-hybridized carbons (Fsp3) is 0. The summed E-state index contributed by atoms with van der Waals surface area (Å²) in [6.07, 6.45) is 0. The van der Waals surface area contributed by atoms with Gasteiger partial charge in [0.2, 0.25) is 0 Å². The molecule has 0 fully saturated rings. The van der Waals surface area contributed by atoms with Crippen LogP contribution in [-0.2, 0) is 0 Å². The number of carbonyl (C=O) groups is 2. The van der Waals surface area contributed by atoms with E-state index in [1.807, 2.05) is 5.38 Å². The first-order valence-corrected chi connectivity index (χ1v) is 6.69. The van der Waals surface area contributed by atoms with Crippen LogP contribution in [0.5, 0.6) is 0 Å². The number of thiophene rings is 1. The number of hydrogen-bond acceptors (Lipinski definition) is 3. The smallest absolute Gasteiger partial charge is 0.265 e. The van der Waals surface area contributed by atoms with Crippen molar-refractivity contribution < 1.29 is 9.59 Å². The number of benzene rings is 1. The molecule has 0 aliphatic heterocycles. The molecule has 0 aliphatic rings. The van der Waals surface area contributed by atoms with Crippen LogP contribution in [0.1, 0.15) is 20.0 Å². The van der Waals surface area contributed by atoms with Gasteiger partial charge in [0.15, 0.2) is 0 Å². The van der Waals surface area contributed by atoms with Crippen molar-refractivity contribution in [2.75, 3.05) is 5.32 Å². The molecule has 1 aromatic heterocycles. The summed E-state index contributed by atoms with van der Waals surface area (Å²) in [4.78, 5) is 23.7. The summed E-state index contributed by atoms with van der Waals surface area (Å²) >= 11 is 4.58. The van der Waals surface area contributed by atoms with E-state index in [2.05, 4.69) is 21.2 Å². The van der Waals surface area contributed by atoms with Crippen molar-refractivity contribution in [2.45, 2.75) is 0 Å². The van der Waals surface area contributed by atoms with Crippen LogP contribution < -0.4 is 11.1 Å². The lowest BCUT2D eigenvalue weighted by Crippen LogP contribution is -2.17. The fourth-order valence-electron chi connectivity index (χ4n) is 1.42. The Kier molecular flexibility index (Phi) is 3.78. The van der Waals surface area contributed by atoms with E-state index in [0.717, 1.165) is 4.47 Å². The molecule has 0 aliphatic carbocycles. The molecular weight excluding hydrogens is 316 g/mol. The van der Waals surface area contributed by atoms with Gasteiger partial charge in [-0.25, -0.2) is 0 Å². The normalized spacial score (nSPS) is 10.1. The standard InChI is InChI=1S/C12H9BrN2O2S/c13-7-3-4-9(8(6-7)11(14)16)15-12(17)10-2-1-5-18-10/h1-6H,(H2,14,16)(H,15,17). The summed E-state index contributed by atoms with van der Waals surface area (Å²) in [6.45, 7) is 0. The van der Waals surface area contributed by atoms with E-state index >= 15 is 0 Å². The minimum absolute atomic E-state index is 0.255. The first kappa shape index (κ1) is 12.8. The van der Waals surface area contributed by atoms with Crippen LogP contribution in [0, 0.1) is 0 Å².